The molecule has 0 spiro atoms. The Kier molecular flexibility index (Phi) is 9.16. The lowest BCUT2D eigenvalue weighted by Gasteiger charge is -2.11. The van der Waals surface area contributed by atoms with E-state index < -0.39 is 0 Å². The molecule has 0 bridgehead atoms. The van der Waals surface area contributed by atoms with Gasteiger partial charge in [-0.15, -0.1) is 0 Å². The molecule has 2 N–H and O–H groups in total. The summed E-state index contributed by atoms with van der Waals surface area (Å²) in [6.07, 6.45) is 4.88. The van der Waals surface area contributed by atoms with Crippen molar-refractivity contribution in [3.05, 3.63) is 30.3 Å². The van der Waals surface area contributed by atoms with Crippen LogP contribution in [0, 0.1) is 0 Å². The highest BCUT2D eigenvalue weighted by atomic mass is 32.2. The maximum Gasteiger partial charge on any atom is 0.225 e. The molecule has 1 atom stereocenters. The summed E-state index contributed by atoms with van der Waals surface area (Å²) in [4.78, 5) is 11.8. The molecule has 112 valence electrons. The molecular weight excluding hydrogens is 270 g/mol. The Bertz CT molecular complexity index is 370. The summed E-state index contributed by atoms with van der Waals surface area (Å²) in [5.74, 6) is 1.17. The molecule has 1 amide bonds. The predicted octanol–water partition coefficient (Wildman–Crippen LogP) is 3.69. The number of benzene rings is 1. The standard InChI is InChI=1S/C16H25NO2S/c1-14(20-12-8-3-2-7-11-18)13-16(19)17-15-9-5-4-6-10-15/h4-6,9-10,14,18H,2-3,7-8,11-13H2,1H3,(H,17,19). The van der Waals surface area contributed by atoms with Gasteiger partial charge >= 0.3 is 0 Å². The smallest absolute Gasteiger partial charge is 0.225 e. The molecule has 4 heteroatoms. The molecule has 0 aliphatic carbocycles. The SMILES string of the molecule is CC(CC(=O)Nc1ccccc1)SCCCCCCO. The Morgan fingerprint density at radius 1 is 1.20 bits per heavy atom. The van der Waals surface area contributed by atoms with Gasteiger partial charge in [-0.05, 0) is 30.7 Å². The van der Waals surface area contributed by atoms with Crippen LogP contribution in [0.1, 0.15) is 39.0 Å². The van der Waals surface area contributed by atoms with Crippen LogP contribution >= 0.6 is 11.8 Å². The molecule has 0 saturated heterocycles. The van der Waals surface area contributed by atoms with E-state index in [1.54, 1.807) is 0 Å². The van der Waals surface area contributed by atoms with Crippen molar-refractivity contribution in [2.45, 2.75) is 44.3 Å². The van der Waals surface area contributed by atoms with E-state index in [-0.39, 0.29) is 5.91 Å². The van der Waals surface area contributed by atoms with Crippen LogP contribution in [-0.2, 0) is 4.79 Å². The zero-order chi connectivity index (χ0) is 14.6. The molecule has 0 saturated carbocycles. The van der Waals surface area contributed by atoms with Gasteiger partial charge in [0, 0.05) is 24.0 Å². The van der Waals surface area contributed by atoms with Gasteiger partial charge in [0.15, 0.2) is 0 Å². The minimum Gasteiger partial charge on any atom is -0.396 e. The maximum absolute atomic E-state index is 11.8. The van der Waals surface area contributed by atoms with E-state index in [0.717, 1.165) is 37.1 Å². The van der Waals surface area contributed by atoms with Crippen LogP contribution in [0.2, 0.25) is 0 Å². The number of aliphatic hydroxyl groups excluding tert-OH is 1. The van der Waals surface area contributed by atoms with Crippen LogP contribution in [-0.4, -0.2) is 28.6 Å². The van der Waals surface area contributed by atoms with E-state index in [9.17, 15) is 4.79 Å². The molecule has 0 aliphatic heterocycles. The third-order valence-corrected chi connectivity index (χ3v) is 4.25. The number of anilines is 1. The molecule has 0 heterocycles. The van der Waals surface area contributed by atoms with Gasteiger partial charge in [-0.2, -0.15) is 11.8 Å². The fourth-order valence-corrected chi connectivity index (χ4v) is 2.95. The van der Waals surface area contributed by atoms with Crippen LogP contribution in [0.4, 0.5) is 5.69 Å². The van der Waals surface area contributed by atoms with Crippen molar-refractivity contribution in [3.8, 4) is 0 Å². The number of carbonyl (C=O) groups excluding carboxylic acids is 1. The minimum atomic E-state index is 0.0801. The summed E-state index contributed by atoms with van der Waals surface area (Å²) in [5.41, 5.74) is 0.860. The van der Waals surface area contributed by atoms with Crippen molar-refractivity contribution in [1.29, 1.82) is 0 Å². The van der Waals surface area contributed by atoms with Crippen molar-refractivity contribution in [3.63, 3.8) is 0 Å². The number of nitrogens with one attached hydrogen (secondary N) is 1. The number of para-hydroxylation sites is 1. The Morgan fingerprint density at radius 2 is 1.90 bits per heavy atom. The molecule has 0 radical (unpaired) electrons. The first-order chi connectivity index (χ1) is 9.72. The second-order valence-corrected chi connectivity index (χ2v) is 6.48. The van der Waals surface area contributed by atoms with Gasteiger partial charge in [0.1, 0.15) is 0 Å². The van der Waals surface area contributed by atoms with Crippen LogP contribution in [0.5, 0.6) is 0 Å². The molecule has 1 unspecified atom stereocenters. The average molecular weight is 295 g/mol. The number of hydrogen-bond donors (Lipinski definition) is 2. The van der Waals surface area contributed by atoms with E-state index in [0.29, 0.717) is 18.3 Å². The molecule has 0 aromatic heterocycles. The topological polar surface area (TPSA) is 49.3 Å². The molecule has 1 aromatic rings. The molecule has 1 aromatic carbocycles. The fourth-order valence-electron chi connectivity index (χ4n) is 1.91. The van der Waals surface area contributed by atoms with Gasteiger partial charge in [0.25, 0.3) is 0 Å². The quantitative estimate of drug-likeness (QED) is 0.647. The summed E-state index contributed by atoms with van der Waals surface area (Å²) in [6, 6.07) is 9.57. The summed E-state index contributed by atoms with van der Waals surface area (Å²) in [6.45, 7) is 2.40. The molecule has 3 nitrogen and oxygen atoms in total. The van der Waals surface area contributed by atoms with E-state index in [1.165, 1.54) is 0 Å². The number of rotatable bonds is 10. The Hall–Kier alpha value is -1.00. The lowest BCUT2D eigenvalue weighted by Crippen LogP contribution is -2.16. The number of aliphatic hydroxyl groups is 1. The minimum absolute atomic E-state index is 0.0801. The molecular formula is C16H25NO2S. The van der Waals surface area contributed by atoms with E-state index in [4.69, 9.17) is 5.11 Å². The third-order valence-electron chi connectivity index (χ3n) is 2.99. The second kappa shape index (κ2) is 10.7. The first kappa shape index (κ1) is 17.1. The van der Waals surface area contributed by atoms with Crippen LogP contribution in [0.15, 0.2) is 30.3 Å². The molecule has 0 aliphatic rings. The molecule has 1 rings (SSSR count). The highest BCUT2D eigenvalue weighted by Gasteiger charge is 2.09. The number of unbranched alkanes of at least 4 members (excludes halogenated alkanes) is 3. The monoisotopic (exact) mass is 295 g/mol. The Morgan fingerprint density at radius 3 is 2.60 bits per heavy atom. The Balaban J connectivity index is 2.09. The van der Waals surface area contributed by atoms with Crippen LogP contribution in [0.3, 0.4) is 0 Å². The highest BCUT2D eigenvalue weighted by molar-refractivity contribution is 7.99. The number of carbonyl (C=O) groups is 1. The van der Waals surface area contributed by atoms with E-state index >= 15 is 0 Å². The summed E-state index contributed by atoms with van der Waals surface area (Å²) in [5, 5.41) is 11.9. The van der Waals surface area contributed by atoms with E-state index in [2.05, 4.69) is 12.2 Å². The lowest BCUT2D eigenvalue weighted by atomic mass is 10.2. The number of amides is 1. The van der Waals surface area contributed by atoms with Crippen LogP contribution in [0.25, 0.3) is 0 Å². The first-order valence-electron chi connectivity index (χ1n) is 7.29. The zero-order valence-electron chi connectivity index (χ0n) is 12.2. The van der Waals surface area contributed by atoms with Crippen LogP contribution < -0.4 is 5.32 Å². The first-order valence-corrected chi connectivity index (χ1v) is 8.34. The summed E-state index contributed by atoms with van der Waals surface area (Å²) < 4.78 is 0. The van der Waals surface area contributed by atoms with Crippen molar-refractivity contribution in [2.24, 2.45) is 0 Å². The second-order valence-electron chi connectivity index (χ2n) is 4.94. The van der Waals surface area contributed by atoms with Gasteiger partial charge in [-0.1, -0.05) is 38.0 Å². The number of hydrogen-bond acceptors (Lipinski definition) is 3. The Labute approximate surface area is 126 Å². The average Bonchev–Trinajstić information content (AvgIpc) is 2.43. The van der Waals surface area contributed by atoms with Gasteiger partial charge < -0.3 is 10.4 Å². The lowest BCUT2D eigenvalue weighted by molar-refractivity contribution is -0.116. The zero-order valence-corrected chi connectivity index (χ0v) is 13.0. The van der Waals surface area contributed by atoms with Crippen molar-refractivity contribution < 1.29 is 9.90 Å². The largest absolute Gasteiger partial charge is 0.396 e. The van der Waals surface area contributed by atoms with Gasteiger partial charge in [-0.3, -0.25) is 4.79 Å². The van der Waals surface area contributed by atoms with Crippen molar-refractivity contribution in [1.82, 2.24) is 0 Å². The van der Waals surface area contributed by atoms with Gasteiger partial charge in [-0.25, -0.2) is 0 Å². The number of thioether (sulfide) groups is 1. The van der Waals surface area contributed by atoms with Crippen molar-refractivity contribution in [2.75, 3.05) is 17.7 Å². The molecule has 20 heavy (non-hydrogen) atoms. The maximum atomic E-state index is 11.8. The summed E-state index contributed by atoms with van der Waals surface area (Å²) >= 11 is 1.85. The fraction of sp³-hybridized carbons (Fsp3) is 0.562. The highest BCUT2D eigenvalue weighted by Crippen LogP contribution is 2.17. The molecule has 0 fully saturated rings. The van der Waals surface area contributed by atoms with Gasteiger partial charge in [0.05, 0.1) is 0 Å². The normalized spacial score (nSPS) is 12.1. The van der Waals surface area contributed by atoms with Gasteiger partial charge in [0.2, 0.25) is 5.91 Å². The van der Waals surface area contributed by atoms with E-state index in [1.807, 2.05) is 42.1 Å². The van der Waals surface area contributed by atoms with Crippen molar-refractivity contribution >= 4 is 23.4 Å². The third kappa shape index (κ3) is 8.23. The predicted molar refractivity (Wildman–Crippen MR) is 87.2 cm³/mol. The summed E-state index contributed by atoms with van der Waals surface area (Å²) in [7, 11) is 0.